The fourth-order valence-electron chi connectivity index (χ4n) is 6.19. The highest BCUT2D eigenvalue weighted by Gasteiger charge is 2.51. The van der Waals surface area contributed by atoms with Crippen molar-refractivity contribution in [1.29, 1.82) is 0 Å². The fourth-order valence-corrected chi connectivity index (χ4v) is 7.16. The number of nitrogens with one attached hydrogen (secondary N) is 1. The Morgan fingerprint density at radius 1 is 0.909 bits per heavy atom. The molecule has 1 heterocycles. The van der Waals surface area contributed by atoms with Gasteiger partial charge in [-0.15, -0.1) is 0 Å². The summed E-state index contributed by atoms with van der Waals surface area (Å²) in [5.41, 5.74) is -2.85. The molecule has 0 bridgehead atoms. The second kappa shape index (κ2) is 17.2. The van der Waals surface area contributed by atoms with Crippen LogP contribution in [0.1, 0.15) is 60.6 Å². The van der Waals surface area contributed by atoms with E-state index in [2.05, 4.69) is 8.91 Å². The number of hydrogen-bond donors (Lipinski definition) is 1. The summed E-state index contributed by atoms with van der Waals surface area (Å²) in [7, 11) is -9.37. The molecule has 4 aromatic carbocycles. The Balaban J connectivity index is 1.50. The van der Waals surface area contributed by atoms with Gasteiger partial charge in [-0.25, -0.2) is 17.5 Å². The second-order valence-corrected chi connectivity index (χ2v) is 16.3. The highest BCUT2D eigenvalue weighted by Crippen LogP contribution is 2.50. The molecule has 3 atom stereocenters. The third-order valence-electron chi connectivity index (χ3n) is 8.76. The number of carbonyl (C=O) groups is 2. The lowest BCUT2D eigenvalue weighted by molar-refractivity contribution is -0.147. The monoisotopic (exact) mass is 806 g/mol. The summed E-state index contributed by atoms with van der Waals surface area (Å²) >= 11 is 0. The van der Waals surface area contributed by atoms with E-state index in [9.17, 15) is 44.0 Å². The first-order chi connectivity index (χ1) is 25.9. The molecule has 1 aliphatic rings. The summed E-state index contributed by atoms with van der Waals surface area (Å²) in [4.78, 5) is 27.6. The van der Waals surface area contributed by atoms with Crippen LogP contribution in [0.3, 0.4) is 0 Å². The van der Waals surface area contributed by atoms with Gasteiger partial charge in [0.1, 0.15) is 30.0 Å². The number of halogens is 4. The minimum Gasteiger partial charge on any atom is -0.488 e. The zero-order chi connectivity index (χ0) is 40.0. The van der Waals surface area contributed by atoms with Gasteiger partial charge in [0.15, 0.2) is 0 Å². The van der Waals surface area contributed by atoms with Crippen LogP contribution in [0.25, 0.3) is 0 Å². The molecule has 17 heteroatoms. The van der Waals surface area contributed by atoms with Crippen molar-refractivity contribution in [2.75, 3.05) is 17.7 Å². The van der Waals surface area contributed by atoms with Crippen molar-refractivity contribution in [2.24, 2.45) is 5.92 Å². The smallest absolute Gasteiger partial charge is 0.488 e. The van der Waals surface area contributed by atoms with E-state index in [0.717, 1.165) is 24.0 Å². The van der Waals surface area contributed by atoms with Crippen molar-refractivity contribution < 1.29 is 57.6 Å². The van der Waals surface area contributed by atoms with Gasteiger partial charge in [-0.05, 0) is 78.8 Å². The van der Waals surface area contributed by atoms with Gasteiger partial charge < -0.3 is 18.6 Å². The number of hydrogen-bond acceptors (Lipinski definition) is 9. The number of β-lactam (4-membered cyclic amide) rings is 1. The Morgan fingerprint density at radius 2 is 1.58 bits per heavy atom. The molecule has 294 valence electrons. The van der Waals surface area contributed by atoms with Crippen LogP contribution < -0.4 is 18.5 Å². The zero-order valence-corrected chi connectivity index (χ0v) is 31.3. The van der Waals surface area contributed by atoms with Gasteiger partial charge in [-0.1, -0.05) is 54.6 Å². The predicted molar refractivity (Wildman–Crippen MR) is 194 cm³/mol. The van der Waals surface area contributed by atoms with E-state index in [1.54, 1.807) is 54.6 Å². The minimum atomic E-state index is -6.03. The van der Waals surface area contributed by atoms with Crippen molar-refractivity contribution in [3.05, 3.63) is 125 Å². The Bertz CT molecular complexity index is 2190. The molecular weight excluding hydrogens is 769 g/mol. The van der Waals surface area contributed by atoms with Crippen molar-refractivity contribution in [1.82, 2.24) is 4.72 Å². The second-order valence-electron chi connectivity index (χ2n) is 12.9. The lowest BCUT2D eigenvalue weighted by atomic mass is 9.77. The van der Waals surface area contributed by atoms with Crippen molar-refractivity contribution >= 4 is 37.7 Å². The lowest BCUT2D eigenvalue weighted by Gasteiger charge is -2.48. The highest BCUT2D eigenvalue weighted by molar-refractivity contribution is 7.88. The number of rotatable bonds is 17. The molecule has 55 heavy (non-hydrogen) atoms. The van der Waals surface area contributed by atoms with Crippen LogP contribution in [0.4, 0.5) is 23.2 Å². The molecule has 1 amide bonds. The molecule has 0 aromatic heterocycles. The van der Waals surface area contributed by atoms with E-state index in [1.165, 1.54) is 42.2 Å². The summed E-state index contributed by atoms with van der Waals surface area (Å²) in [5.74, 6) is -2.92. The van der Waals surface area contributed by atoms with Gasteiger partial charge in [0.2, 0.25) is 15.9 Å². The van der Waals surface area contributed by atoms with Crippen molar-refractivity contribution in [3.63, 3.8) is 0 Å². The first-order valence-electron chi connectivity index (χ1n) is 17.0. The summed E-state index contributed by atoms with van der Waals surface area (Å²) < 4.78 is 119. The average Bonchev–Trinajstić information content (AvgIpc) is 3.11. The quantitative estimate of drug-likeness (QED) is 0.0301. The van der Waals surface area contributed by atoms with Crippen LogP contribution >= 0.6 is 0 Å². The minimum absolute atomic E-state index is 0.0451. The Labute approximate surface area is 316 Å². The van der Waals surface area contributed by atoms with Gasteiger partial charge in [0.25, 0.3) is 0 Å². The van der Waals surface area contributed by atoms with E-state index >= 15 is 0 Å². The maximum absolute atomic E-state index is 14.0. The standard InChI is InChI=1S/C38H38F4N2O9S2/c1-25(45)52-34(28-12-14-29(39)15-13-28)21-20-33-36(44(37(33)46)30-16-10-26(11-17-30)9-6-22-43-54(2,47)48)32-19-18-31(53-55(49,50)38(40,41)42)23-35(32)51-24-27-7-4-3-5-8-27/h3-5,7-8,10-19,23,33-34,36,43H,6,9,20-22,24H2,1-2H3/t33-,34?,36-/m1/s1. The first kappa shape index (κ1) is 41.2. The third kappa shape index (κ3) is 10.8. The summed E-state index contributed by atoms with van der Waals surface area (Å²) in [5, 5.41) is 0. The summed E-state index contributed by atoms with van der Waals surface area (Å²) in [6.45, 7) is 1.38. The van der Waals surface area contributed by atoms with Gasteiger partial charge in [0, 0.05) is 30.8 Å². The largest absolute Gasteiger partial charge is 0.534 e. The number of nitrogens with zero attached hydrogens (tertiary/aromatic N) is 1. The molecule has 11 nitrogen and oxygen atoms in total. The molecule has 0 aliphatic carbocycles. The number of aryl methyl sites for hydroxylation is 1. The van der Waals surface area contributed by atoms with E-state index in [-0.39, 0.29) is 37.6 Å². The number of benzene rings is 4. The molecule has 0 radical (unpaired) electrons. The fraction of sp³-hybridized carbons (Fsp3) is 0.316. The molecule has 4 aromatic rings. The van der Waals surface area contributed by atoms with Crippen LogP contribution in [0.5, 0.6) is 11.5 Å². The van der Waals surface area contributed by atoms with Gasteiger partial charge in [-0.2, -0.15) is 21.6 Å². The van der Waals surface area contributed by atoms with Crippen LogP contribution in [-0.4, -0.2) is 47.0 Å². The van der Waals surface area contributed by atoms with E-state index in [4.69, 9.17) is 9.47 Å². The number of sulfonamides is 1. The number of amides is 1. The molecule has 1 aliphatic heterocycles. The maximum atomic E-state index is 14.0. The number of anilines is 1. The average molecular weight is 807 g/mol. The zero-order valence-electron chi connectivity index (χ0n) is 29.7. The van der Waals surface area contributed by atoms with Crippen molar-refractivity contribution in [2.45, 2.75) is 56.9 Å². The molecule has 1 saturated heterocycles. The maximum Gasteiger partial charge on any atom is 0.534 e. The van der Waals surface area contributed by atoms with E-state index in [1.807, 2.05) is 0 Å². The Morgan fingerprint density at radius 3 is 2.20 bits per heavy atom. The number of carbonyl (C=O) groups excluding carboxylic acids is 2. The predicted octanol–water partition coefficient (Wildman–Crippen LogP) is 6.90. The topological polar surface area (TPSA) is 145 Å². The SMILES string of the molecule is CC(=O)OC(CC[C@H]1C(=O)N(c2ccc(CCCNS(C)(=O)=O)cc2)[C@@H]1c1ccc(OS(=O)(=O)C(F)(F)F)cc1OCc1ccccc1)c1ccc(F)cc1. The third-order valence-corrected chi connectivity index (χ3v) is 10.5. The van der Waals surface area contributed by atoms with Crippen LogP contribution in [0, 0.1) is 11.7 Å². The van der Waals surface area contributed by atoms with Gasteiger partial charge >= 0.3 is 21.6 Å². The first-order valence-corrected chi connectivity index (χ1v) is 20.3. The van der Waals surface area contributed by atoms with Crippen LogP contribution in [0.2, 0.25) is 0 Å². The summed E-state index contributed by atoms with van der Waals surface area (Å²) in [6.07, 6.45) is 1.55. The lowest BCUT2D eigenvalue weighted by Crippen LogP contribution is -2.55. The molecule has 1 unspecified atom stereocenters. The molecule has 1 N–H and O–H groups in total. The molecule has 0 spiro atoms. The highest BCUT2D eigenvalue weighted by atomic mass is 32.2. The van der Waals surface area contributed by atoms with Crippen LogP contribution in [-0.2, 0) is 47.5 Å². The molecule has 1 fully saturated rings. The van der Waals surface area contributed by atoms with Crippen LogP contribution in [0.15, 0.2) is 97.1 Å². The number of ether oxygens (including phenoxy) is 2. The van der Waals surface area contributed by atoms with Gasteiger partial charge in [0.05, 0.1) is 18.2 Å². The number of alkyl halides is 3. The summed E-state index contributed by atoms with van der Waals surface area (Å²) in [6, 6.07) is 23.7. The number of esters is 1. The Kier molecular flexibility index (Phi) is 12.9. The van der Waals surface area contributed by atoms with Crippen molar-refractivity contribution in [3.8, 4) is 11.5 Å². The Hall–Kier alpha value is -5.00. The molecule has 5 rings (SSSR count). The van der Waals surface area contributed by atoms with E-state index < -0.39 is 61.2 Å². The normalized spacial score (nSPS) is 16.6. The van der Waals surface area contributed by atoms with Gasteiger partial charge in [-0.3, -0.25) is 9.59 Å². The molecule has 0 saturated carbocycles. The molecular formula is C38H38F4N2O9S2. The van der Waals surface area contributed by atoms with E-state index in [0.29, 0.717) is 35.2 Å².